The van der Waals surface area contributed by atoms with E-state index in [4.69, 9.17) is 9.47 Å². The second-order valence-corrected chi connectivity index (χ2v) is 4.85. The van der Waals surface area contributed by atoms with Crippen molar-refractivity contribution in [2.75, 3.05) is 21.3 Å². The Bertz CT molecular complexity index is 568. The van der Waals surface area contributed by atoms with E-state index in [1.54, 1.807) is 38.5 Å². The summed E-state index contributed by atoms with van der Waals surface area (Å²) in [4.78, 5) is 24.6. The van der Waals surface area contributed by atoms with Gasteiger partial charge in [0, 0.05) is 7.05 Å². The summed E-state index contributed by atoms with van der Waals surface area (Å²) in [6, 6.07) is 5.30. The number of hydrogen-bond donors (Lipinski definition) is 0. The molecule has 0 spiro atoms. The fourth-order valence-electron chi connectivity index (χ4n) is 1.64. The molecule has 0 unspecified atom stereocenters. The average Bonchev–Trinajstić information content (AvgIpc) is 2.66. The summed E-state index contributed by atoms with van der Waals surface area (Å²) < 4.78 is 10.3. The molecule has 1 heterocycles. The molecule has 1 aliphatic heterocycles. The minimum atomic E-state index is -0.287. The Hall–Kier alpha value is -1.95. The van der Waals surface area contributed by atoms with E-state index in [0.717, 1.165) is 22.2 Å². The molecule has 1 aromatic rings. The Kier molecular flexibility index (Phi) is 3.80. The van der Waals surface area contributed by atoms with Crippen molar-refractivity contribution in [3.63, 3.8) is 0 Å². The first-order chi connectivity index (χ1) is 9.06. The van der Waals surface area contributed by atoms with Crippen LogP contribution in [0.15, 0.2) is 23.1 Å². The van der Waals surface area contributed by atoms with Gasteiger partial charge >= 0.3 is 0 Å². The highest BCUT2D eigenvalue weighted by molar-refractivity contribution is 8.18. The summed E-state index contributed by atoms with van der Waals surface area (Å²) in [5.41, 5.74) is 0.775. The molecule has 0 aromatic heterocycles. The molecular formula is C13H13NO4S. The molecule has 100 valence electrons. The Morgan fingerprint density at radius 1 is 1.16 bits per heavy atom. The van der Waals surface area contributed by atoms with E-state index < -0.39 is 0 Å². The lowest BCUT2D eigenvalue weighted by Gasteiger charge is -2.07. The highest BCUT2D eigenvalue weighted by atomic mass is 32.2. The monoisotopic (exact) mass is 279 g/mol. The summed E-state index contributed by atoms with van der Waals surface area (Å²) in [7, 11) is 4.56. The number of carbonyl (C=O) groups excluding carboxylic acids is 2. The van der Waals surface area contributed by atoms with Crippen LogP contribution in [0.5, 0.6) is 11.5 Å². The van der Waals surface area contributed by atoms with Crippen molar-refractivity contribution in [2.45, 2.75) is 0 Å². The zero-order valence-electron chi connectivity index (χ0n) is 10.8. The average molecular weight is 279 g/mol. The number of benzene rings is 1. The number of rotatable bonds is 3. The van der Waals surface area contributed by atoms with Crippen LogP contribution in [0.4, 0.5) is 4.79 Å². The smallest absolute Gasteiger partial charge is 0.293 e. The number of carbonyl (C=O) groups is 2. The molecule has 5 nitrogen and oxygen atoms in total. The number of likely N-dealkylation sites (N-methyl/N-ethyl adjacent to an activating group) is 1. The molecule has 0 aliphatic carbocycles. The first kappa shape index (κ1) is 13.5. The summed E-state index contributed by atoms with van der Waals surface area (Å²) in [6.45, 7) is 0. The van der Waals surface area contributed by atoms with Crippen molar-refractivity contribution in [1.29, 1.82) is 0 Å². The van der Waals surface area contributed by atoms with Crippen molar-refractivity contribution < 1.29 is 19.1 Å². The molecule has 1 fully saturated rings. The molecule has 0 radical (unpaired) electrons. The summed E-state index contributed by atoms with van der Waals surface area (Å²) in [5, 5.41) is -0.267. The molecular weight excluding hydrogens is 266 g/mol. The predicted octanol–water partition coefficient (Wildman–Crippen LogP) is 2.37. The fraction of sp³-hybridized carbons (Fsp3) is 0.231. The second kappa shape index (κ2) is 5.36. The zero-order valence-corrected chi connectivity index (χ0v) is 11.6. The maximum Gasteiger partial charge on any atom is 0.293 e. The van der Waals surface area contributed by atoms with Crippen LogP contribution in [0.3, 0.4) is 0 Å². The molecule has 0 N–H and O–H groups in total. The third-order valence-corrected chi connectivity index (χ3v) is 3.65. The van der Waals surface area contributed by atoms with E-state index in [2.05, 4.69) is 0 Å². The largest absolute Gasteiger partial charge is 0.493 e. The predicted molar refractivity (Wildman–Crippen MR) is 73.3 cm³/mol. The van der Waals surface area contributed by atoms with Crippen LogP contribution in [0.25, 0.3) is 6.08 Å². The van der Waals surface area contributed by atoms with Crippen LogP contribution >= 0.6 is 11.8 Å². The van der Waals surface area contributed by atoms with Crippen LogP contribution in [0, 0.1) is 0 Å². The Balaban J connectivity index is 2.34. The van der Waals surface area contributed by atoms with E-state index in [1.807, 2.05) is 0 Å². The summed E-state index contributed by atoms with van der Waals surface area (Å²) in [6.07, 6.45) is 1.66. The molecule has 19 heavy (non-hydrogen) atoms. The van der Waals surface area contributed by atoms with Crippen LogP contribution in [0.1, 0.15) is 5.56 Å². The molecule has 0 bridgehead atoms. The second-order valence-electron chi connectivity index (χ2n) is 3.86. The normalized spacial score (nSPS) is 17.2. The molecule has 2 amide bonds. The van der Waals surface area contributed by atoms with Gasteiger partial charge in [-0.1, -0.05) is 6.07 Å². The third-order valence-electron chi connectivity index (χ3n) is 2.69. The third kappa shape index (κ3) is 2.58. The van der Waals surface area contributed by atoms with Gasteiger partial charge in [0.2, 0.25) is 0 Å². The van der Waals surface area contributed by atoms with Gasteiger partial charge in [-0.05, 0) is 35.5 Å². The van der Waals surface area contributed by atoms with E-state index in [-0.39, 0.29) is 11.1 Å². The first-order valence-electron chi connectivity index (χ1n) is 5.50. The maximum atomic E-state index is 11.8. The Morgan fingerprint density at radius 2 is 1.84 bits per heavy atom. The van der Waals surface area contributed by atoms with Gasteiger partial charge in [0.05, 0.1) is 19.1 Å². The summed E-state index contributed by atoms with van der Waals surface area (Å²) in [5.74, 6) is 0.903. The first-order valence-corrected chi connectivity index (χ1v) is 6.32. The number of hydrogen-bond acceptors (Lipinski definition) is 5. The van der Waals surface area contributed by atoms with Crippen LogP contribution < -0.4 is 9.47 Å². The van der Waals surface area contributed by atoms with Gasteiger partial charge < -0.3 is 9.47 Å². The van der Waals surface area contributed by atoms with E-state index in [9.17, 15) is 9.59 Å². The maximum absolute atomic E-state index is 11.8. The number of nitrogens with zero attached hydrogens (tertiary/aromatic N) is 1. The van der Waals surface area contributed by atoms with E-state index in [1.165, 1.54) is 7.05 Å². The molecule has 1 saturated heterocycles. The topological polar surface area (TPSA) is 55.8 Å². The quantitative estimate of drug-likeness (QED) is 0.795. The van der Waals surface area contributed by atoms with Crippen LogP contribution in [-0.2, 0) is 4.79 Å². The molecule has 1 aromatic carbocycles. The van der Waals surface area contributed by atoms with Crippen LogP contribution in [0.2, 0.25) is 0 Å². The van der Waals surface area contributed by atoms with Crippen molar-refractivity contribution in [3.8, 4) is 11.5 Å². The Labute approximate surface area is 115 Å². The molecule has 6 heteroatoms. The fourth-order valence-corrected chi connectivity index (χ4v) is 2.47. The lowest BCUT2D eigenvalue weighted by Crippen LogP contribution is -2.22. The molecule has 2 rings (SSSR count). The lowest BCUT2D eigenvalue weighted by molar-refractivity contribution is -0.121. The van der Waals surface area contributed by atoms with Crippen molar-refractivity contribution in [1.82, 2.24) is 4.90 Å². The molecule has 1 aliphatic rings. The van der Waals surface area contributed by atoms with E-state index in [0.29, 0.717) is 16.4 Å². The zero-order chi connectivity index (χ0) is 14.0. The van der Waals surface area contributed by atoms with Crippen molar-refractivity contribution >= 4 is 29.0 Å². The number of thioether (sulfide) groups is 1. The van der Waals surface area contributed by atoms with E-state index >= 15 is 0 Å². The van der Waals surface area contributed by atoms with Gasteiger partial charge in [-0.25, -0.2) is 0 Å². The highest BCUT2D eigenvalue weighted by Gasteiger charge is 2.31. The van der Waals surface area contributed by atoms with Gasteiger partial charge in [0.1, 0.15) is 0 Å². The Morgan fingerprint density at radius 3 is 2.37 bits per heavy atom. The lowest BCUT2D eigenvalue weighted by atomic mass is 10.2. The number of amides is 2. The van der Waals surface area contributed by atoms with Gasteiger partial charge in [0.25, 0.3) is 11.1 Å². The summed E-state index contributed by atoms with van der Waals surface area (Å²) >= 11 is 0.927. The standard InChI is InChI=1S/C13H13NO4S/c1-14-12(15)11(19-13(14)16)7-8-4-5-9(17-2)10(6-8)18-3/h4-7H,1-3H3/b11-7+. The minimum absolute atomic E-state index is 0.267. The van der Waals surface area contributed by atoms with Crippen molar-refractivity contribution in [2.24, 2.45) is 0 Å². The number of imide groups is 1. The number of ether oxygens (including phenoxy) is 2. The van der Waals surface area contributed by atoms with Gasteiger partial charge in [-0.15, -0.1) is 0 Å². The molecule has 0 saturated carbocycles. The van der Waals surface area contributed by atoms with Gasteiger partial charge in [-0.3, -0.25) is 14.5 Å². The minimum Gasteiger partial charge on any atom is -0.493 e. The van der Waals surface area contributed by atoms with Gasteiger partial charge in [0.15, 0.2) is 11.5 Å². The van der Waals surface area contributed by atoms with Crippen molar-refractivity contribution in [3.05, 3.63) is 28.7 Å². The number of methoxy groups -OCH3 is 2. The van der Waals surface area contributed by atoms with Gasteiger partial charge in [-0.2, -0.15) is 0 Å². The molecule has 0 atom stereocenters. The SMILES string of the molecule is COc1ccc(/C=C2/SC(=O)N(C)C2=O)cc1OC. The van der Waals surface area contributed by atoms with Crippen LogP contribution in [-0.4, -0.2) is 37.3 Å². The highest BCUT2D eigenvalue weighted by Crippen LogP contribution is 2.33.